The van der Waals surface area contributed by atoms with Gasteiger partial charge < -0.3 is 9.64 Å². The van der Waals surface area contributed by atoms with Crippen molar-refractivity contribution in [3.63, 3.8) is 0 Å². The minimum absolute atomic E-state index is 0.0573. The van der Waals surface area contributed by atoms with Crippen LogP contribution in [-0.2, 0) is 9.53 Å². The lowest BCUT2D eigenvalue weighted by atomic mass is 10.2. The topological polar surface area (TPSA) is 46.6 Å². The first-order valence-corrected chi connectivity index (χ1v) is 6.97. The first kappa shape index (κ1) is 16.0. The molecule has 1 aromatic rings. The molecule has 0 atom stereocenters. The molecule has 6 heteroatoms. The van der Waals surface area contributed by atoms with E-state index in [0.717, 1.165) is 6.42 Å². The molecular weight excluding hydrogens is 334 g/mol. The third kappa shape index (κ3) is 4.51. The molecule has 1 aromatic carbocycles. The summed E-state index contributed by atoms with van der Waals surface area (Å²) >= 11 is 9.14. The molecule has 104 valence electrons. The highest BCUT2D eigenvalue weighted by Gasteiger charge is 2.20. The zero-order valence-electron chi connectivity index (χ0n) is 10.8. The molecule has 0 spiro atoms. The molecule has 1 amide bonds. The third-order valence-electron chi connectivity index (χ3n) is 2.49. The van der Waals surface area contributed by atoms with Crippen molar-refractivity contribution in [3.05, 3.63) is 33.3 Å². The van der Waals surface area contributed by atoms with Gasteiger partial charge in [0.15, 0.2) is 0 Å². The average Bonchev–Trinajstić information content (AvgIpc) is 2.37. The lowest BCUT2D eigenvalue weighted by Crippen LogP contribution is -2.37. The van der Waals surface area contributed by atoms with Crippen LogP contribution in [0.25, 0.3) is 0 Å². The molecular formula is C13H15BrClNO3. The number of rotatable bonds is 5. The van der Waals surface area contributed by atoms with E-state index in [0.29, 0.717) is 21.6 Å². The maximum absolute atomic E-state index is 12.4. The van der Waals surface area contributed by atoms with Gasteiger partial charge >= 0.3 is 5.97 Å². The van der Waals surface area contributed by atoms with Crippen LogP contribution in [0, 0.1) is 0 Å². The Morgan fingerprint density at radius 3 is 2.63 bits per heavy atom. The number of carbonyl (C=O) groups excluding carboxylic acids is 2. The van der Waals surface area contributed by atoms with Gasteiger partial charge in [0.25, 0.3) is 5.91 Å². The van der Waals surface area contributed by atoms with Gasteiger partial charge in [-0.05, 0) is 40.5 Å². The summed E-state index contributed by atoms with van der Waals surface area (Å²) in [5, 5.41) is 0.540. The van der Waals surface area contributed by atoms with Gasteiger partial charge in [-0.25, -0.2) is 0 Å². The number of benzene rings is 1. The van der Waals surface area contributed by atoms with E-state index >= 15 is 0 Å². The number of methoxy groups -OCH3 is 1. The van der Waals surface area contributed by atoms with Crippen LogP contribution in [0.2, 0.25) is 5.02 Å². The predicted octanol–water partition coefficient (Wildman–Crippen LogP) is 3.13. The van der Waals surface area contributed by atoms with Crippen molar-refractivity contribution in [1.82, 2.24) is 4.90 Å². The molecule has 1 rings (SSSR count). The summed E-state index contributed by atoms with van der Waals surface area (Å²) in [5.41, 5.74) is 0.474. The Morgan fingerprint density at radius 1 is 1.42 bits per heavy atom. The minimum Gasteiger partial charge on any atom is -0.468 e. The quantitative estimate of drug-likeness (QED) is 0.768. The number of halogens is 2. The van der Waals surface area contributed by atoms with E-state index in [1.165, 1.54) is 12.0 Å². The molecule has 0 aromatic heterocycles. The molecule has 0 radical (unpaired) electrons. The van der Waals surface area contributed by atoms with Crippen LogP contribution in [0.4, 0.5) is 0 Å². The Kier molecular flexibility index (Phi) is 6.31. The minimum atomic E-state index is -0.438. The number of amides is 1. The van der Waals surface area contributed by atoms with E-state index in [-0.39, 0.29) is 12.5 Å². The SMILES string of the molecule is CCCN(CC(=O)OC)C(=O)c1ccc(Cl)cc1Br. The monoisotopic (exact) mass is 347 g/mol. The van der Waals surface area contributed by atoms with E-state index in [2.05, 4.69) is 20.7 Å². The fourth-order valence-electron chi connectivity index (χ4n) is 1.58. The molecule has 0 N–H and O–H groups in total. The van der Waals surface area contributed by atoms with Gasteiger partial charge in [-0.15, -0.1) is 0 Å². The van der Waals surface area contributed by atoms with E-state index in [1.54, 1.807) is 18.2 Å². The highest BCUT2D eigenvalue weighted by Crippen LogP contribution is 2.23. The second kappa shape index (κ2) is 7.50. The van der Waals surface area contributed by atoms with Gasteiger partial charge in [0.05, 0.1) is 12.7 Å². The van der Waals surface area contributed by atoms with Gasteiger partial charge in [-0.2, -0.15) is 0 Å². The molecule has 0 aliphatic carbocycles. The summed E-state index contributed by atoms with van der Waals surface area (Å²) in [6, 6.07) is 4.92. The zero-order chi connectivity index (χ0) is 14.4. The Labute approximate surface area is 125 Å². The van der Waals surface area contributed by atoms with E-state index < -0.39 is 5.97 Å². The van der Waals surface area contributed by atoms with Crippen LogP contribution in [0.3, 0.4) is 0 Å². The van der Waals surface area contributed by atoms with Crippen molar-refractivity contribution in [2.75, 3.05) is 20.2 Å². The van der Waals surface area contributed by atoms with E-state index in [1.807, 2.05) is 6.92 Å². The Morgan fingerprint density at radius 2 is 2.11 bits per heavy atom. The van der Waals surface area contributed by atoms with E-state index in [4.69, 9.17) is 11.6 Å². The molecule has 0 heterocycles. The first-order chi connectivity index (χ1) is 8.99. The molecule has 0 bridgehead atoms. The Balaban J connectivity index is 2.95. The number of esters is 1. The van der Waals surface area contributed by atoms with Crippen molar-refractivity contribution in [2.45, 2.75) is 13.3 Å². The molecule has 4 nitrogen and oxygen atoms in total. The van der Waals surface area contributed by atoms with Gasteiger partial charge in [0, 0.05) is 16.0 Å². The average molecular weight is 349 g/mol. The van der Waals surface area contributed by atoms with Crippen LogP contribution in [0.5, 0.6) is 0 Å². The van der Waals surface area contributed by atoms with Crippen LogP contribution < -0.4 is 0 Å². The number of nitrogens with zero attached hydrogens (tertiary/aromatic N) is 1. The van der Waals surface area contributed by atoms with Crippen LogP contribution in [0.1, 0.15) is 23.7 Å². The maximum Gasteiger partial charge on any atom is 0.325 e. The summed E-state index contributed by atoms with van der Waals surface area (Å²) in [5.74, 6) is -0.664. The lowest BCUT2D eigenvalue weighted by molar-refractivity contribution is -0.141. The standard InChI is InChI=1S/C13H15BrClNO3/c1-3-6-16(8-12(17)19-2)13(18)10-5-4-9(15)7-11(10)14/h4-5,7H,3,6,8H2,1-2H3. The summed E-state index contributed by atoms with van der Waals surface area (Å²) in [7, 11) is 1.30. The molecule has 19 heavy (non-hydrogen) atoms. The molecule has 0 aliphatic rings. The third-order valence-corrected chi connectivity index (χ3v) is 3.38. The predicted molar refractivity (Wildman–Crippen MR) is 77.4 cm³/mol. The summed E-state index contributed by atoms with van der Waals surface area (Å²) in [6.07, 6.45) is 0.758. The second-order valence-electron chi connectivity index (χ2n) is 3.93. The number of carbonyl (C=O) groups is 2. The van der Waals surface area contributed by atoms with Crippen LogP contribution >= 0.6 is 27.5 Å². The summed E-state index contributed by atoms with van der Waals surface area (Å²) in [4.78, 5) is 25.1. The molecule has 0 unspecified atom stereocenters. The normalized spacial score (nSPS) is 10.1. The highest BCUT2D eigenvalue weighted by atomic mass is 79.9. The van der Waals surface area contributed by atoms with Crippen molar-refractivity contribution >= 4 is 39.4 Å². The fraction of sp³-hybridized carbons (Fsp3) is 0.385. The number of ether oxygens (including phenoxy) is 1. The van der Waals surface area contributed by atoms with Gasteiger partial charge in [-0.1, -0.05) is 18.5 Å². The molecule has 0 saturated heterocycles. The summed E-state index contributed by atoms with van der Waals surface area (Å²) < 4.78 is 5.20. The van der Waals surface area contributed by atoms with Crippen molar-refractivity contribution in [1.29, 1.82) is 0 Å². The maximum atomic E-state index is 12.4. The molecule has 0 saturated carbocycles. The fourth-order valence-corrected chi connectivity index (χ4v) is 2.43. The van der Waals surface area contributed by atoms with E-state index in [9.17, 15) is 9.59 Å². The Bertz CT molecular complexity index is 479. The smallest absolute Gasteiger partial charge is 0.325 e. The molecule has 0 fully saturated rings. The zero-order valence-corrected chi connectivity index (χ0v) is 13.1. The number of hydrogen-bond acceptors (Lipinski definition) is 3. The van der Waals surface area contributed by atoms with Crippen LogP contribution in [0.15, 0.2) is 22.7 Å². The Hall–Kier alpha value is -1.07. The first-order valence-electron chi connectivity index (χ1n) is 5.80. The lowest BCUT2D eigenvalue weighted by Gasteiger charge is -2.21. The highest BCUT2D eigenvalue weighted by molar-refractivity contribution is 9.10. The van der Waals surface area contributed by atoms with Crippen molar-refractivity contribution in [2.24, 2.45) is 0 Å². The second-order valence-corrected chi connectivity index (χ2v) is 5.22. The van der Waals surface area contributed by atoms with Crippen LogP contribution in [-0.4, -0.2) is 37.0 Å². The number of hydrogen-bond donors (Lipinski definition) is 0. The van der Waals surface area contributed by atoms with Crippen molar-refractivity contribution < 1.29 is 14.3 Å². The largest absolute Gasteiger partial charge is 0.468 e. The van der Waals surface area contributed by atoms with Gasteiger partial charge in [0.1, 0.15) is 6.54 Å². The van der Waals surface area contributed by atoms with Gasteiger partial charge in [0.2, 0.25) is 0 Å². The van der Waals surface area contributed by atoms with Crippen molar-refractivity contribution in [3.8, 4) is 0 Å². The molecule has 0 aliphatic heterocycles. The summed E-state index contributed by atoms with van der Waals surface area (Å²) in [6.45, 7) is 2.37. The van der Waals surface area contributed by atoms with Gasteiger partial charge in [-0.3, -0.25) is 9.59 Å².